The number of ether oxygens (including phenoxy) is 2. The monoisotopic (exact) mass is 432 g/mol. The van der Waals surface area contributed by atoms with Crippen molar-refractivity contribution in [3.05, 3.63) is 76.3 Å². The average Bonchev–Trinajstić information content (AvgIpc) is 3.19. The van der Waals surface area contributed by atoms with Crippen molar-refractivity contribution in [1.82, 2.24) is 14.2 Å². The Labute approximate surface area is 185 Å². The van der Waals surface area contributed by atoms with E-state index in [1.807, 2.05) is 38.1 Å². The van der Waals surface area contributed by atoms with Crippen molar-refractivity contribution < 1.29 is 14.3 Å². The van der Waals surface area contributed by atoms with Crippen LogP contribution in [0, 0.1) is 13.8 Å². The van der Waals surface area contributed by atoms with Crippen molar-refractivity contribution in [3.8, 4) is 22.8 Å². The van der Waals surface area contributed by atoms with Gasteiger partial charge in [0.15, 0.2) is 11.5 Å². The molecule has 0 aliphatic heterocycles. The van der Waals surface area contributed by atoms with Crippen molar-refractivity contribution in [3.63, 3.8) is 0 Å². The van der Waals surface area contributed by atoms with E-state index in [0.717, 1.165) is 16.7 Å². The predicted octanol–water partition coefficient (Wildman–Crippen LogP) is 3.44. The van der Waals surface area contributed by atoms with Crippen LogP contribution in [0.1, 0.15) is 11.1 Å². The van der Waals surface area contributed by atoms with E-state index in [-0.39, 0.29) is 18.0 Å². The van der Waals surface area contributed by atoms with Crippen LogP contribution in [0.3, 0.4) is 0 Å². The molecule has 32 heavy (non-hydrogen) atoms. The summed E-state index contributed by atoms with van der Waals surface area (Å²) in [7, 11) is 3.13. The van der Waals surface area contributed by atoms with Gasteiger partial charge in [0.1, 0.15) is 12.1 Å². The Morgan fingerprint density at radius 2 is 1.69 bits per heavy atom. The number of hydrogen-bond donors (Lipinski definition) is 1. The van der Waals surface area contributed by atoms with Crippen LogP contribution >= 0.6 is 0 Å². The van der Waals surface area contributed by atoms with Crippen LogP contribution in [0.4, 0.5) is 5.69 Å². The van der Waals surface area contributed by atoms with Gasteiger partial charge in [0.2, 0.25) is 5.91 Å². The van der Waals surface area contributed by atoms with Gasteiger partial charge in [-0.05, 0) is 61.4 Å². The highest BCUT2D eigenvalue weighted by Crippen LogP contribution is 2.31. The van der Waals surface area contributed by atoms with Gasteiger partial charge >= 0.3 is 0 Å². The molecular formula is C24H24N4O4. The molecular weight excluding hydrogens is 408 g/mol. The third kappa shape index (κ3) is 4.20. The van der Waals surface area contributed by atoms with E-state index >= 15 is 0 Å². The number of nitrogens with zero attached hydrogens (tertiary/aromatic N) is 3. The molecule has 2 aromatic heterocycles. The molecule has 0 bridgehead atoms. The molecule has 0 aliphatic carbocycles. The van der Waals surface area contributed by atoms with E-state index in [1.165, 1.54) is 9.08 Å². The summed E-state index contributed by atoms with van der Waals surface area (Å²) >= 11 is 0. The molecule has 4 aromatic rings. The van der Waals surface area contributed by atoms with E-state index in [4.69, 9.17) is 9.47 Å². The van der Waals surface area contributed by atoms with E-state index in [9.17, 15) is 9.59 Å². The summed E-state index contributed by atoms with van der Waals surface area (Å²) in [5, 5.41) is 7.34. The SMILES string of the molecule is COc1ccc(-c2cc3c(=O)n(CC(=O)Nc4cc(C)cc(C)c4)ccn3n2)cc1OC. The highest BCUT2D eigenvalue weighted by molar-refractivity contribution is 5.90. The fraction of sp³-hybridized carbons (Fsp3) is 0.208. The standard InChI is InChI=1S/C24H24N4O4/c1-15-9-16(2)11-18(10-15)25-23(29)14-27-7-8-28-20(24(27)30)13-19(26-28)17-5-6-21(31-3)22(12-17)32-4/h5-13H,14H2,1-4H3,(H,25,29). The summed E-state index contributed by atoms with van der Waals surface area (Å²) in [5.41, 5.74) is 4.28. The maximum atomic E-state index is 13.0. The summed E-state index contributed by atoms with van der Waals surface area (Å²) in [6.45, 7) is 3.84. The molecule has 1 N–H and O–H groups in total. The molecule has 8 nitrogen and oxygen atoms in total. The first-order chi connectivity index (χ1) is 15.4. The zero-order valence-electron chi connectivity index (χ0n) is 18.4. The summed E-state index contributed by atoms with van der Waals surface area (Å²) in [5.74, 6) is 0.904. The first kappa shape index (κ1) is 21.2. The topological polar surface area (TPSA) is 86.9 Å². The van der Waals surface area contributed by atoms with E-state index in [1.54, 1.807) is 44.8 Å². The van der Waals surface area contributed by atoms with Crippen molar-refractivity contribution in [2.24, 2.45) is 0 Å². The molecule has 164 valence electrons. The van der Waals surface area contributed by atoms with Crippen LogP contribution in [0.5, 0.6) is 11.5 Å². The van der Waals surface area contributed by atoms with E-state index in [2.05, 4.69) is 10.4 Å². The number of rotatable bonds is 6. The Kier molecular flexibility index (Phi) is 5.68. The van der Waals surface area contributed by atoms with Crippen molar-refractivity contribution >= 4 is 17.1 Å². The number of aromatic nitrogens is 3. The minimum atomic E-state index is -0.303. The zero-order chi connectivity index (χ0) is 22.8. The Balaban J connectivity index is 1.60. The number of hydrogen-bond acceptors (Lipinski definition) is 5. The summed E-state index contributed by atoms with van der Waals surface area (Å²) in [4.78, 5) is 25.5. The molecule has 0 spiro atoms. The fourth-order valence-electron chi connectivity index (χ4n) is 3.69. The van der Waals surface area contributed by atoms with Crippen LogP contribution in [0.15, 0.2) is 59.7 Å². The highest BCUT2D eigenvalue weighted by atomic mass is 16.5. The lowest BCUT2D eigenvalue weighted by atomic mass is 10.1. The Morgan fingerprint density at radius 3 is 2.38 bits per heavy atom. The van der Waals surface area contributed by atoms with Gasteiger partial charge < -0.3 is 19.4 Å². The number of amides is 1. The van der Waals surface area contributed by atoms with Gasteiger partial charge in [0.25, 0.3) is 5.56 Å². The van der Waals surface area contributed by atoms with Gasteiger partial charge in [0, 0.05) is 23.6 Å². The Morgan fingerprint density at radius 1 is 0.969 bits per heavy atom. The maximum absolute atomic E-state index is 13.0. The second-order valence-corrected chi connectivity index (χ2v) is 7.58. The number of carbonyl (C=O) groups is 1. The third-order valence-corrected chi connectivity index (χ3v) is 5.10. The Bertz CT molecular complexity index is 1350. The second-order valence-electron chi connectivity index (χ2n) is 7.58. The fourth-order valence-corrected chi connectivity index (χ4v) is 3.69. The summed E-state index contributed by atoms with van der Waals surface area (Å²) in [6.07, 6.45) is 3.22. The second kappa shape index (κ2) is 8.58. The molecule has 2 aromatic carbocycles. The van der Waals surface area contributed by atoms with Gasteiger partial charge in [-0.1, -0.05) is 6.07 Å². The molecule has 0 saturated heterocycles. The van der Waals surface area contributed by atoms with Gasteiger partial charge in [-0.3, -0.25) is 9.59 Å². The highest BCUT2D eigenvalue weighted by Gasteiger charge is 2.13. The number of benzene rings is 2. The van der Waals surface area contributed by atoms with Crippen LogP contribution in [0.25, 0.3) is 16.8 Å². The van der Waals surface area contributed by atoms with Crippen molar-refractivity contribution in [2.75, 3.05) is 19.5 Å². The lowest BCUT2D eigenvalue weighted by Crippen LogP contribution is -2.28. The minimum absolute atomic E-state index is 0.0980. The van der Waals surface area contributed by atoms with Crippen molar-refractivity contribution in [1.29, 1.82) is 0 Å². The molecule has 0 fully saturated rings. The first-order valence-electron chi connectivity index (χ1n) is 10.1. The largest absolute Gasteiger partial charge is 0.493 e. The molecule has 4 rings (SSSR count). The number of nitrogens with one attached hydrogen (secondary N) is 1. The van der Waals surface area contributed by atoms with Gasteiger partial charge in [-0.25, -0.2) is 4.52 Å². The molecule has 1 amide bonds. The number of anilines is 1. The minimum Gasteiger partial charge on any atom is -0.493 e. The van der Waals surface area contributed by atoms with Crippen LogP contribution < -0.4 is 20.3 Å². The molecule has 2 heterocycles. The smallest absolute Gasteiger partial charge is 0.277 e. The van der Waals surface area contributed by atoms with E-state index in [0.29, 0.717) is 28.4 Å². The number of aryl methyl sites for hydroxylation is 2. The number of methoxy groups -OCH3 is 2. The lowest BCUT2D eigenvalue weighted by Gasteiger charge is -2.09. The van der Waals surface area contributed by atoms with Gasteiger partial charge in [-0.2, -0.15) is 5.10 Å². The summed E-state index contributed by atoms with van der Waals surface area (Å²) < 4.78 is 13.5. The van der Waals surface area contributed by atoms with Gasteiger partial charge in [-0.15, -0.1) is 0 Å². The number of fused-ring (bicyclic) bond motifs is 1. The molecule has 8 heteroatoms. The lowest BCUT2D eigenvalue weighted by molar-refractivity contribution is -0.116. The van der Waals surface area contributed by atoms with Crippen LogP contribution in [0.2, 0.25) is 0 Å². The first-order valence-corrected chi connectivity index (χ1v) is 10.1. The molecule has 0 radical (unpaired) electrons. The van der Waals surface area contributed by atoms with Crippen molar-refractivity contribution in [2.45, 2.75) is 20.4 Å². The molecule has 0 aliphatic rings. The summed E-state index contributed by atoms with van der Waals surface area (Å²) in [6, 6.07) is 12.9. The quantitative estimate of drug-likeness (QED) is 0.504. The van der Waals surface area contributed by atoms with Crippen LogP contribution in [-0.2, 0) is 11.3 Å². The third-order valence-electron chi connectivity index (χ3n) is 5.10. The van der Waals surface area contributed by atoms with E-state index < -0.39 is 0 Å². The van der Waals surface area contributed by atoms with Crippen LogP contribution in [-0.4, -0.2) is 34.3 Å². The molecule has 0 saturated carbocycles. The Hall–Kier alpha value is -4.07. The maximum Gasteiger partial charge on any atom is 0.277 e. The zero-order valence-corrected chi connectivity index (χ0v) is 18.4. The number of carbonyl (C=O) groups excluding carboxylic acids is 1. The predicted molar refractivity (Wildman–Crippen MR) is 123 cm³/mol. The van der Waals surface area contributed by atoms with Gasteiger partial charge in [0.05, 0.1) is 19.9 Å². The molecule has 0 atom stereocenters. The molecule has 0 unspecified atom stereocenters. The average molecular weight is 432 g/mol. The normalized spacial score (nSPS) is 10.9.